The fourth-order valence-electron chi connectivity index (χ4n) is 5.30. The highest BCUT2D eigenvalue weighted by Gasteiger charge is 2.06. The first kappa shape index (κ1) is 132. The van der Waals surface area contributed by atoms with Gasteiger partial charge in [-0.25, -0.2) is 29.9 Å². The van der Waals surface area contributed by atoms with Gasteiger partial charge in [-0.2, -0.15) is 14.6 Å². The van der Waals surface area contributed by atoms with Crippen LogP contribution >= 0.6 is 22.9 Å². The maximum absolute atomic E-state index is 5.12. The molecule has 0 bridgehead atoms. The van der Waals surface area contributed by atoms with E-state index in [0.29, 0.717) is 65.3 Å². The Hall–Kier alpha value is -6.67. The molecule has 0 amide bonds. The lowest BCUT2D eigenvalue weighted by molar-refractivity contribution is 0.448. The van der Waals surface area contributed by atoms with Crippen LogP contribution in [0.4, 0.5) is 0 Å². The van der Waals surface area contributed by atoms with Gasteiger partial charge in [-0.1, -0.05) is 254 Å². The van der Waals surface area contributed by atoms with Gasteiger partial charge < -0.3 is 13.4 Å². The predicted molar refractivity (Wildman–Crippen MR) is 449 cm³/mol. The number of imidazole rings is 1. The summed E-state index contributed by atoms with van der Waals surface area (Å²) in [6.45, 7) is 65.8. The Kier molecular flexibility index (Phi) is 119. The van der Waals surface area contributed by atoms with Crippen LogP contribution in [-0.4, -0.2) is 78.6 Å². The van der Waals surface area contributed by atoms with Crippen LogP contribution < -0.4 is 0 Å². The van der Waals surface area contributed by atoms with E-state index in [9.17, 15) is 0 Å². The lowest BCUT2D eigenvalue weighted by Crippen LogP contribution is -1.99. The number of thiazole rings is 1. The molecule has 9 heterocycles. The Labute approximate surface area is 624 Å². The van der Waals surface area contributed by atoms with Crippen molar-refractivity contribution in [1.29, 1.82) is 0 Å². The number of hydrogen-bond donors (Lipinski definition) is 0. The minimum absolute atomic E-state index is 0. The first-order chi connectivity index (χ1) is 42.4. The number of hydrogen-bond acceptors (Lipinski definition) is 17. The van der Waals surface area contributed by atoms with E-state index in [0.717, 1.165) is 22.3 Å². The molecule has 0 atom stereocenters. The van der Waals surface area contributed by atoms with E-state index < -0.39 is 0 Å². The topological polar surface area (TPSA) is 209 Å². The monoisotopic (exact) mass is 1440 g/mol. The standard InChI is InChI=1S/C8H11N.C7H12N2.C7H10N2.C6H10N2O.C6H10N2S.C6H10N2.C6H9NO.C6H9NS.C5H9N3.6C2H6.10CH4/c1-7(2)8-3-5-9-6-4-8;1-6(2)7-4-8-9(3)5-7;1-6(2)7-3-4-8-5-9-7;1-4(2)6-8-7-5(3)9-6;1-4(2)6-7-5(3)8-9-6;1-6(2)8-4-3-7-5-8;2*1-5(2)6-3-7-4-8-6;1-5(2)8-4-6-3-7-8;6*1-2;;;;;;;;;;/h3-7H,1-2H3;4-6H,1-3H3;3-6H,1-2H3;2*4H,1-3H3;3-6H,1-2H3;3*3-5H,1-2H3;6*1-2H3;10*1H4. The second-order valence-electron chi connectivity index (χ2n) is 20.2. The van der Waals surface area contributed by atoms with Crippen LogP contribution in [0.15, 0.2) is 120 Å². The second-order valence-corrected chi connectivity index (χ2v) is 21.9. The van der Waals surface area contributed by atoms with Gasteiger partial charge in [-0.15, -0.1) is 21.5 Å². The van der Waals surface area contributed by atoms with Crippen molar-refractivity contribution >= 4 is 22.9 Å². The van der Waals surface area contributed by atoms with Crippen molar-refractivity contribution < 1.29 is 8.83 Å². The van der Waals surface area contributed by atoms with Crippen LogP contribution in [0.5, 0.6) is 0 Å². The summed E-state index contributed by atoms with van der Waals surface area (Å²) >= 11 is 3.22. The molecule has 0 N–H and O–H groups in total. The molecule has 0 aliphatic heterocycles. The van der Waals surface area contributed by atoms with Crippen molar-refractivity contribution in [1.82, 2.24) is 78.6 Å². The summed E-state index contributed by atoms with van der Waals surface area (Å²) in [6.07, 6.45) is 24.9. The summed E-state index contributed by atoms with van der Waals surface area (Å²) in [5, 5.41) is 16.6. The SMILES string of the molecule is C.C.C.C.C.C.C.C.C.C.CC.CC.CC.CC.CC.CC.CC(C)c1ccncc1.CC(C)c1ccncn1.CC(C)c1cnco1.CC(C)c1cncs1.CC(C)c1cnn(C)c1.CC(C)n1ccnc1.CC(C)n1cncn1.Cc1nnc(C(C)C)o1.Cc1nsc(C(C)C)n1. The number of aromatic nitrogens is 16. The van der Waals surface area contributed by atoms with Crippen LogP contribution in [-0.2, 0) is 7.05 Å². The van der Waals surface area contributed by atoms with E-state index in [4.69, 9.17) is 8.83 Å². The molecule has 99 heavy (non-hydrogen) atoms. The molecule has 0 unspecified atom stereocenters. The molecule has 9 aromatic heterocycles. The van der Waals surface area contributed by atoms with Crippen molar-refractivity contribution in [2.45, 2.75) is 349 Å². The third-order valence-electron chi connectivity index (χ3n) is 10.2. The van der Waals surface area contributed by atoms with Gasteiger partial charge in [0, 0.05) is 97.8 Å². The van der Waals surface area contributed by atoms with Crippen molar-refractivity contribution in [3.8, 4) is 0 Å². The molecule has 586 valence electrons. The summed E-state index contributed by atoms with van der Waals surface area (Å²) in [5.41, 5.74) is 5.63. The lowest BCUT2D eigenvalue weighted by atomic mass is 10.1. The van der Waals surface area contributed by atoms with Crippen molar-refractivity contribution in [2.75, 3.05) is 0 Å². The van der Waals surface area contributed by atoms with E-state index >= 15 is 0 Å². The average Bonchev–Trinajstić information content (AvgIpc) is 1.61. The largest absolute Gasteiger partial charge is 0.448 e. The molecule has 0 saturated heterocycles. The van der Waals surface area contributed by atoms with E-state index in [1.807, 2.05) is 183 Å². The van der Waals surface area contributed by atoms with Gasteiger partial charge in [0.15, 0.2) is 6.39 Å². The maximum atomic E-state index is 5.12. The highest BCUT2D eigenvalue weighted by atomic mass is 32.1. The van der Waals surface area contributed by atoms with Crippen molar-refractivity contribution in [2.24, 2.45) is 7.05 Å². The first-order valence-electron chi connectivity index (χ1n) is 32.3. The molecule has 0 fully saturated rings. The Bertz CT molecular complexity index is 2380. The van der Waals surface area contributed by atoms with E-state index in [1.54, 1.807) is 60.5 Å². The number of nitrogens with zero attached hydrogens (tertiary/aromatic N) is 16. The lowest BCUT2D eigenvalue weighted by Gasteiger charge is -2.02. The van der Waals surface area contributed by atoms with Gasteiger partial charge in [0.1, 0.15) is 35.6 Å². The van der Waals surface area contributed by atoms with E-state index in [-0.39, 0.29) is 74.3 Å². The first-order valence-corrected chi connectivity index (χ1v) is 33.9. The van der Waals surface area contributed by atoms with Gasteiger partial charge in [-0.05, 0) is 99.1 Å². The van der Waals surface area contributed by atoms with E-state index in [1.165, 1.54) is 33.9 Å². The molecule has 9 rings (SSSR count). The van der Waals surface area contributed by atoms with Crippen LogP contribution in [0.25, 0.3) is 0 Å². The quantitative estimate of drug-likeness (QED) is 0.132. The minimum atomic E-state index is 0. The Morgan fingerprint density at radius 3 is 1.18 bits per heavy atom. The zero-order valence-corrected chi connectivity index (χ0v) is 63.5. The van der Waals surface area contributed by atoms with Gasteiger partial charge in [0.25, 0.3) is 0 Å². The fraction of sp³-hybridized carbons (Fsp3) is 0.658. The molecule has 0 aromatic carbocycles. The molecular formula is C79H166N16O2S2. The number of aryl methyl sites for hydroxylation is 3. The summed E-state index contributed by atoms with van der Waals surface area (Å²) in [5.74, 6) is 6.88. The Morgan fingerprint density at radius 2 is 0.980 bits per heavy atom. The molecular weight excluding hydrogens is 1270 g/mol. The fourth-order valence-corrected chi connectivity index (χ4v) is 6.59. The smallest absolute Gasteiger partial charge is 0.219 e. The molecule has 9 aromatic rings. The van der Waals surface area contributed by atoms with Gasteiger partial charge in [0.2, 0.25) is 11.8 Å². The predicted octanol–water partition coefficient (Wildman–Crippen LogP) is 27.7. The van der Waals surface area contributed by atoms with Gasteiger partial charge in [-0.3, -0.25) is 19.3 Å². The molecule has 0 radical (unpaired) electrons. The number of rotatable bonds is 9. The highest BCUT2D eigenvalue weighted by Crippen LogP contribution is 2.18. The molecule has 0 aliphatic carbocycles. The molecule has 0 aliphatic rings. The Morgan fingerprint density at radius 1 is 0.455 bits per heavy atom. The van der Waals surface area contributed by atoms with Crippen molar-refractivity contribution in [3.63, 3.8) is 0 Å². The summed E-state index contributed by atoms with van der Waals surface area (Å²) in [6, 6.07) is 7.00. The van der Waals surface area contributed by atoms with Gasteiger partial charge >= 0.3 is 0 Å². The van der Waals surface area contributed by atoms with Crippen molar-refractivity contribution in [3.05, 3.63) is 161 Å². The summed E-state index contributed by atoms with van der Waals surface area (Å²) < 4.78 is 19.9. The van der Waals surface area contributed by atoms with Crippen LogP contribution in [0, 0.1) is 13.8 Å². The Balaban J connectivity index is -0.0000000542. The zero-order chi connectivity index (χ0) is 69.9. The van der Waals surface area contributed by atoms with Crippen LogP contribution in [0.1, 0.15) is 386 Å². The zero-order valence-electron chi connectivity index (χ0n) is 61.9. The maximum Gasteiger partial charge on any atom is 0.219 e. The average molecular weight is 1440 g/mol. The number of pyridine rings is 1. The number of oxazole rings is 1. The van der Waals surface area contributed by atoms with Crippen LogP contribution in [0.2, 0.25) is 0 Å². The molecule has 0 saturated carbocycles. The second kappa shape index (κ2) is 89.3. The van der Waals surface area contributed by atoms with E-state index in [2.05, 4.69) is 180 Å². The third kappa shape index (κ3) is 72.4. The molecule has 18 nitrogen and oxygen atoms in total. The normalized spacial score (nSPS) is 8.46. The highest BCUT2D eigenvalue weighted by molar-refractivity contribution is 7.09. The third-order valence-corrected chi connectivity index (χ3v) is 12.3. The molecule has 20 heteroatoms. The van der Waals surface area contributed by atoms with Gasteiger partial charge in [0.05, 0.1) is 24.2 Å². The summed E-state index contributed by atoms with van der Waals surface area (Å²) in [7, 11) is 1.94. The summed E-state index contributed by atoms with van der Waals surface area (Å²) in [4.78, 5) is 32.8. The van der Waals surface area contributed by atoms with Crippen LogP contribution in [0.3, 0.4) is 0 Å². The molecule has 0 spiro atoms. The minimum Gasteiger partial charge on any atom is -0.448 e.